The Bertz CT molecular complexity index is 161. The van der Waals surface area contributed by atoms with Crippen molar-refractivity contribution >= 4 is 29.3 Å². The van der Waals surface area contributed by atoms with E-state index in [1.807, 2.05) is 11.2 Å². The summed E-state index contributed by atoms with van der Waals surface area (Å²) >= 11 is 7.19. The molecule has 1 fully saturated rings. The van der Waals surface area contributed by atoms with Gasteiger partial charge >= 0.3 is 0 Å². The van der Waals surface area contributed by atoms with Gasteiger partial charge in [-0.1, -0.05) is 0 Å². The van der Waals surface area contributed by atoms with E-state index in [0.29, 0.717) is 24.2 Å². The van der Waals surface area contributed by atoms with Crippen molar-refractivity contribution in [2.45, 2.75) is 18.9 Å². The molecule has 0 heterocycles. The second-order valence-corrected chi connectivity index (χ2v) is 4.18. The first-order valence-corrected chi connectivity index (χ1v) is 6.06. The molecule has 0 atom stereocenters. The largest absolute Gasteiger partial charge is 0.338 e. The smallest absolute Gasteiger partial charge is 0.232 e. The second-order valence-electron chi connectivity index (χ2n) is 2.94. The van der Waals surface area contributed by atoms with Crippen LogP contribution in [0, 0.1) is 0 Å². The molecule has 0 N–H and O–H groups in total. The number of amides is 1. The van der Waals surface area contributed by atoms with Gasteiger partial charge in [0.05, 0.1) is 5.75 Å². The zero-order chi connectivity index (χ0) is 8.97. The number of thioether (sulfide) groups is 1. The molecule has 1 amide bonds. The van der Waals surface area contributed by atoms with E-state index in [1.54, 1.807) is 11.8 Å². The average Bonchev–Trinajstić information content (AvgIpc) is 2.83. The summed E-state index contributed by atoms with van der Waals surface area (Å²) in [6.07, 6.45) is 4.28. The molecular weight excluding hydrogens is 194 g/mol. The Morgan fingerprint density at radius 3 is 2.75 bits per heavy atom. The molecule has 12 heavy (non-hydrogen) atoms. The Labute approximate surface area is 82.6 Å². The fourth-order valence-corrected chi connectivity index (χ4v) is 1.79. The highest BCUT2D eigenvalue weighted by Gasteiger charge is 2.31. The van der Waals surface area contributed by atoms with E-state index >= 15 is 0 Å². The summed E-state index contributed by atoms with van der Waals surface area (Å²) in [7, 11) is 0. The molecule has 0 aromatic rings. The van der Waals surface area contributed by atoms with Crippen molar-refractivity contribution in [3.8, 4) is 0 Å². The first-order valence-electron chi connectivity index (χ1n) is 4.14. The maximum absolute atomic E-state index is 11.5. The van der Waals surface area contributed by atoms with Gasteiger partial charge in [-0.3, -0.25) is 4.79 Å². The third-order valence-corrected chi connectivity index (χ3v) is 2.61. The molecule has 70 valence electrons. The van der Waals surface area contributed by atoms with Gasteiger partial charge in [0.1, 0.15) is 0 Å². The molecule has 4 heteroatoms. The third-order valence-electron chi connectivity index (χ3n) is 1.90. The summed E-state index contributed by atoms with van der Waals surface area (Å²) in [5, 5.41) is 0. The standard InChI is InChI=1S/C8H14ClNOS/c1-12-6-8(11)10(5-4-9)7-2-3-7/h7H,2-6H2,1H3. The van der Waals surface area contributed by atoms with Crippen molar-refractivity contribution in [1.82, 2.24) is 4.90 Å². The Morgan fingerprint density at radius 2 is 2.33 bits per heavy atom. The Kier molecular flexibility index (Phi) is 4.22. The van der Waals surface area contributed by atoms with Crippen LogP contribution in [0.25, 0.3) is 0 Å². The van der Waals surface area contributed by atoms with Crippen LogP contribution >= 0.6 is 23.4 Å². The van der Waals surface area contributed by atoms with Gasteiger partial charge in [-0.25, -0.2) is 0 Å². The minimum atomic E-state index is 0.241. The summed E-state index contributed by atoms with van der Waals surface area (Å²) in [6, 6.07) is 0.503. The molecule has 0 radical (unpaired) electrons. The summed E-state index contributed by atoms with van der Waals surface area (Å²) in [5.74, 6) is 1.38. The van der Waals surface area contributed by atoms with Gasteiger partial charge in [-0.05, 0) is 19.1 Å². The summed E-state index contributed by atoms with van der Waals surface area (Å²) in [4.78, 5) is 13.4. The molecule has 2 nitrogen and oxygen atoms in total. The molecular formula is C8H14ClNOS. The van der Waals surface area contributed by atoms with Crippen LogP contribution in [0.5, 0.6) is 0 Å². The Balaban J connectivity index is 2.34. The minimum absolute atomic E-state index is 0.241. The lowest BCUT2D eigenvalue weighted by Gasteiger charge is -2.20. The van der Waals surface area contributed by atoms with E-state index in [2.05, 4.69) is 0 Å². The first kappa shape index (κ1) is 10.2. The van der Waals surface area contributed by atoms with E-state index in [4.69, 9.17) is 11.6 Å². The van der Waals surface area contributed by atoms with E-state index in [1.165, 1.54) is 0 Å². The summed E-state index contributed by atoms with van der Waals surface area (Å²) < 4.78 is 0. The van der Waals surface area contributed by atoms with E-state index in [9.17, 15) is 4.79 Å². The topological polar surface area (TPSA) is 20.3 Å². The molecule has 0 aromatic carbocycles. The normalized spacial score (nSPS) is 16.2. The van der Waals surface area contributed by atoms with Crippen LogP contribution in [-0.2, 0) is 4.79 Å². The monoisotopic (exact) mass is 207 g/mol. The SMILES string of the molecule is CSCC(=O)N(CCCl)C1CC1. The maximum Gasteiger partial charge on any atom is 0.232 e. The molecule has 0 aromatic heterocycles. The van der Waals surface area contributed by atoms with Gasteiger partial charge in [0.25, 0.3) is 0 Å². The van der Waals surface area contributed by atoms with Crippen LogP contribution in [0.15, 0.2) is 0 Å². The van der Waals surface area contributed by atoms with Crippen molar-refractivity contribution in [1.29, 1.82) is 0 Å². The van der Waals surface area contributed by atoms with Crippen molar-refractivity contribution in [2.75, 3.05) is 24.4 Å². The lowest BCUT2D eigenvalue weighted by molar-refractivity contribution is -0.128. The van der Waals surface area contributed by atoms with Crippen LogP contribution in [0.2, 0.25) is 0 Å². The summed E-state index contributed by atoms with van der Waals surface area (Å²) in [5.41, 5.74) is 0. The van der Waals surface area contributed by atoms with E-state index < -0.39 is 0 Å². The molecule has 0 aliphatic heterocycles. The molecule has 1 aliphatic rings. The molecule has 0 spiro atoms. The zero-order valence-corrected chi connectivity index (χ0v) is 8.83. The predicted molar refractivity (Wildman–Crippen MR) is 53.8 cm³/mol. The van der Waals surface area contributed by atoms with Gasteiger partial charge in [-0.2, -0.15) is 11.8 Å². The van der Waals surface area contributed by atoms with Crippen molar-refractivity contribution in [3.63, 3.8) is 0 Å². The number of hydrogen-bond donors (Lipinski definition) is 0. The van der Waals surface area contributed by atoms with E-state index in [-0.39, 0.29) is 5.91 Å². The predicted octanol–water partition coefficient (Wildman–Crippen LogP) is 1.58. The van der Waals surface area contributed by atoms with Crippen LogP contribution in [0.4, 0.5) is 0 Å². The number of halogens is 1. The molecule has 0 saturated heterocycles. The minimum Gasteiger partial charge on any atom is -0.338 e. The fraction of sp³-hybridized carbons (Fsp3) is 0.875. The van der Waals surface area contributed by atoms with E-state index in [0.717, 1.165) is 12.8 Å². The molecule has 1 saturated carbocycles. The lowest BCUT2D eigenvalue weighted by Crippen LogP contribution is -2.35. The van der Waals surface area contributed by atoms with Gasteiger partial charge < -0.3 is 4.90 Å². The summed E-state index contributed by atoms with van der Waals surface area (Å²) in [6.45, 7) is 0.714. The lowest BCUT2D eigenvalue weighted by atomic mass is 10.4. The van der Waals surface area contributed by atoms with Crippen LogP contribution in [0.3, 0.4) is 0 Å². The van der Waals surface area contributed by atoms with Gasteiger partial charge in [0.15, 0.2) is 0 Å². The average molecular weight is 208 g/mol. The van der Waals surface area contributed by atoms with Crippen LogP contribution in [0.1, 0.15) is 12.8 Å². The number of nitrogens with zero attached hydrogens (tertiary/aromatic N) is 1. The molecule has 1 rings (SSSR count). The first-order chi connectivity index (χ1) is 5.79. The number of carbonyl (C=O) groups is 1. The van der Waals surface area contributed by atoms with Gasteiger partial charge in [0.2, 0.25) is 5.91 Å². The molecule has 0 unspecified atom stereocenters. The highest BCUT2D eigenvalue weighted by atomic mass is 35.5. The fourth-order valence-electron chi connectivity index (χ4n) is 1.19. The zero-order valence-electron chi connectivity index (χ0n) is 7.25. The quantitative estimate of drug-likeness (QED) is 0.639. The Morgan fingerprint density at radius 1 is 1.67 bits per heavy atom. The highest BCUT2D eigenvalue weighted by molar-refractivity contribution is 7.99. The second kappa shape index (κ2) is 4.97. The van der Waals surface area contributed by atoms with Crippen molar-refractivity contribution in [2.24, 2.45) is 0 Å². The van der Waals surface area contributed by atoms with Crippen LogP contribution in [-0.4, -0.2) is 41.3 Å². The van der Waals surface area contributed by atoms with Crippen LogP contribution < -0.4 is 0 Å². The van der Waals surface area contributed by atoms with Gasteiger partial charge in [0, 0.05) is 18.5 Å². The Hall–Kier alpha value is 0.110. The molecule has 1 aliphatic carbocycles. The maximum atomic E-state index is 11.5. The van der Waals surface area contributed by atoms with Crippen molar-refractivity contribution < 1.29 is 4.79 Å². The number of carbonyl (C=O) groups excluding carboxylic acids is 1. The number of hydrogen-bond acceptors (Lipinski definition) is 2. The number of rotatable bonds is 5. The molecule has 0 bridgehead atoms. The van der Waals surface area contributed by atoms with Crippen molar-refractivity contribution in [3.05, 3.63) is 0 Å². The highest BCUT2D eigenvalue weighted by Crippen LogP contribution is 2.27. The third kappa shape index (κ3) is 2.87. The number of alkyl halides is 1. The van der Waals surface area contributed by atoms with Gasteiger partial charge in [-0.15, -0.1) is 11.6 Å².